The molecule has 0 saturated heterocycles. The van der Waals surface area contributed by atoms with Crippen LogP contribution in [0.5, 0.6) is 5.75 Å². The largest absolute Gasteiger partial charge is 0.487 e. The molecule has 0 N–H and O–H groups in total. The zero-order chi connectivity index (χ0) is 22.8. The smallest absolute Gasteiger partial charge is 0.269 e. The highest BCUT2D eigenvalue weighted by atomic mass is 79.9. The van der Waals surface area contributed by atoms with Gasteiger partial charge in [0.1, 0.15) is 34.0 Å². The monoisotopic (exact) mass is 492 g/mol. The first-order valence-corrected chi connectivity index (χ1v) is 10.0. The zero-order valence-electron chi connectivity index (χ0n) is 17.0. The molecule has 1 aromatic carbocycles. The number of ether oxygens (including phenoxy) is 1. The molecule has 0 amide bonds. The maximum Gasteiger partial charge on any atom is 0.269 e. The minimum atomic E-state index is -0.996. The molecule has 7 nitrogen and oxygen atoms in total. The number of halogens is 3. The molecule has 162 valence electrons. The summed E-state index contributed by atoms with van der Waals surface area (Å²) in [5.74, 6) is -1.16. The number of benzene rings is 1. The van der Waals surface area contributed by atoms with E-state index in [1.165, 1.54) is 23.0 Å². The van der Waals surface area contributed by atoms with Crippen LogP contribution in [-0.4, -0.2) is 14.5 Å². The van der Waals surface area contributed by atoms with E-state index < -0.39 is 17.2 Å². The molecule has 0 fully saturated rings. The summed E-state index contributed by atoms with van der Waals surface area (Å²) >= 11 is 3.23. The minimum absolute atomic E-state index is 0.151. The van der Waals surface area contributed by atoms with E-state index >= 15 is 0 Å². The number of hydrogen-bond acceptors (Lipinski definition) is 6. The molecule has 0 spiro atoms. The van der Waals surface area contributed by atoms with Gasteiger partial charge in [0.2, 0.25) is 0 Å². The molecular formula is C21H19BrF2N4O3. The standard InChI is InChI=1S/C21H19BrF2N4O3/c1-12-6-17(31-11-13-4-5-14(23)7-16(13)24)19(22)20(29)28(12)10-15-8-26-18(9-25-15)21(2,3)27-30/h4-9H,10-11H2,1-3H3. The van der Waals surface area contributed by atoms with E-state index in [1.807, 2.05) is 0 Å². The second-order valence-electron chi connectivity index (χ2n) is 7.42. The molecule has 0 saturated carbocycles. The van der Waals surface area contributed by atoms with Crippen molar-refractivity contribution in [1.29, 1.82) is 0 Å². The Labute approximate surface area is 185 Å². The Morgan fingerprint density at radius 3 is 2.55 bits per heavy atom. The Morgan fingerprint density at radius 2 is 1.94 bits per heavy atom. The molecule has 0 unspecified atom stereocenters. The van der Waals surface area contributed by atoms with Gasteiger partial charge < -0.3 is 9.30 Å². The second kappa shape index (κ2) is 9.01. The SMILES string of the molecule is Cc1cc(OCc2ccc(F)cc2F)c(Br)c(=O)n1Cc1cnc(C(C)(C)N=O)cn1. The highest BCUT2D eigenvalue weighted by Crippen LogP contribution is 2.25. The van der Waals surface area contributed by atoms with Gasteiger partial charge in [-0.3, -0.25) is 14.8 Å². The Balaban J connectivity index is 1.81. The summed E-state index contributed by atoms with van der Waals surface area (Å²) in [6.07, 6.45) is 2.95. The molecule has 0 bridgehead atoms. The van der Waals surface area contributed by atoms with Crippen molar-refractivity contribution in [2.24, 2.45) is 5.18 Å². The van der Waals surface area contributed by atoms with Crippen LogP contribution in [0.25, 0.3) is 0 Å². The second-order valence-corrected chi connectivity index (χ2v) is 8.22. The molecule has 2 aromatic heterocycles. The van der Waals surface area contributed by atoms with E-state index in [4.69, 9.17) is 4.74 Å². The van der Waals surface area contributed by atoms with Crippen molar-refractivity contribution in [1.82, 2.24) is 14.5 Å². The average Bonchev–Trinajstić information content (AvgIpc) is 2.74. The molecule has 10 heteroatoms. The molecule has 0 atom stereocenters. The number of nitroso groups, excluding NO2 is 1. The summed E-state index contributed by atoms with van der Waals surface area (Å²) < 4.78 is 34.1. The van der Waals surface area contributed by atoms with E-state index in [9.17, 15) is 18.5 Å². The molecular weight excluding hydrogens is 474 g/mol. The third kappa shape index (κ3) is 5.01. The lowest BCUT2D eigenvalue weighted by molar-refractivity contribution is 0.295. The molecule has 0 radical (unpaired) electrons. The van der Waals surface area contributed by atoms with E-state index in [2.05, 4.69) is 31.1 Å². The van der Waals surface area contributed by atoms with Gasteiger partial charge in [-0.25, -0.2) is 8.78 Å². The van der Waals surface area contributed by atoms with Crippen LogP contribution in [0.15, 0.2) is 51.1 Å². The van der Waals surface area contributed by atoms with Gasteiger partial charge in [0.05, 0.1) is 30.3 Å². The average molecular weight is 493 g/mol. The van der Waals surface area contributed by atoms with Gasteiger partial charge in [-0.1, -0.05) is 5.18 Å². The number of aromatic nitrogens is 3. The van der Waals surface area contributed by atoms with Crippen LogP contribution in [0, 0.1) is 23.5 Å². The highest BCUT2D eigenvalue weighted by molar-refractivity contribution is 9.10. The Bertz CT molecular complexity index is 1180. The number of hydrogen-bond donors (Lipinski definition) is 0. The van der Waals surface area contributed by atoms with Crippen molar-refractivity contribution in [3.8, 4) is 5.75 Å². The molecule has 0 aliphatic carbocycles. The summed E-state index contributed by atoms with van der Waals surface area (Å²) in [5, 5.41) is 3.03. The van der Waals surface area contributed by atoms with Gasteiger partial charge in [0.25, 0.3) is 5.56 Å². The van der Waals surface area contributed by atoms with Crippen molar-refractivity contribution >= 4 is 15.9 Å². The first-order chi connectivity index (χ1) is 14.6. The number of pyridine rings is 1. The topological polar surface area (TPSA) is 86.4 Å². The van der Waals surface area contributed by atoms with Gasteiger partial charge in [-0.15, -0.1) is 4.91 Å². The number of aryl methyl sites for hydroxylation is 1. The van der Waals surface area contributed by atoms with Crippen LogP contribution in [-0.2, 0) is 18.7 Å². The van der Waals surface area contributed by atoms with Gasteiger partial charge in [-0.05, 0) is 48.8 Å². The normalized spacial score (nSPS) is 11.4. The predicted octanol–water partition coefficient (Wildman–Crippen LogP) is 4.62. The summed E-state index contributed by atoms with van der Waals surface area (Å²) in [5.41, 5.74) is 0.333. The van der Waals surface area contributed by atoms with Crippen LogP contribution >= 0.6 is 15.9 Å². The molecule has 3 rings (SSSR count). The molecule has 31 heavy (non-hydrogen) atoms. The molecule has 0 aliphatic heterocycles. The number of rotatable bonds is 7. The zero-order valence-corrected chi connectivity index (χ0v) is 18.6. The van der Waals surface area contributed by atoms with Crippen LogP contribution in [0.1, 0.15) is 36.5 Å². The van der Waals surface area contributed by atoms with Crippen LogP contribution < -0.4 is 10.3 Å². The maximum absolute atomic E-state index is 13.8. The lowest BCUT2D eigenvalue weighted by Gasteiger charge is -2.16. The van der Waals surface area contributed by atoms with Crippen molar-refractivity contribution in [3.63, 3.8) is 0 Å². The first kappa shape index (κ1) is 22.7. The summed E-state index contributed by atoms with van der Waals surface area (Å²) in [4.78, 5) is 32.2. The van der Waals surface area contributed by atoms with Gasteiger partial charge >= 0.3 is 0 Å². The van der Waals surface area contributed by atoms with E-state index in [1.54, 1.807) is 26.8 Å². The van der Waals surface area contributed by atoms with Gasteiger partial charge in [0, 0.05) is 23.4 Å². The van der Waals surface area contributed by atoms with Crippen LogP contribution in [0.4, 0.5) is 8.78 Å². The fourth-order valence-corrected chi connectivity index (χ4v) is 3.21. The van der Waals surface area contributed by atoms with E-state index in [0.717, 1.165) is 12.1 Å². The van der Waals surface area contributed by atoms with Crippen LogP contribution in [0.2, 0.25) is 0 Å². The lowest BCUT2D eigenvalue weighted by atomic mass is 10.0. The summed E-state index contributed by atoms with van der Waals surface area (Å²) in [7, 11) is 0. The van der Waals surface area contributed by atoms with E-state index in [0.29, 0.717) is 17.1 Å². The number of nitrogens with zero attached hydrogens (tertiary/aromatic N) is 4. The van der Waals surface area contributed by atoms with Crippen LogP contribution in [0.3, 0.4) is 0 Å². The Hall–Kier alpha value is -3.01. The summed E-state index contributed by atoms with van der Waals surface area (Å²) in [6.45, 7) is 4.97. The van der Waals surface area contributed by atoms with Gasteiger partial charge in [0.15, 0.2) is 0 Å². The molecule has 2 heterocycles. The fraction of sp³-hybridized carbons (Fsp3) is 0.286. The van der Waals surface area contributed by atoms with Crippen molar-refractivity contribution in [2.45, 2.75) is 39.5 Å². The van der Waals surface area contributed by atoms with Crippen molar-refractivity contribution in [2.75, 3.05) is 0 Å². The quantitative estimate of drug-likeness (QED) is 0.449. The van der Waals surface area contributed by atoms with Gasteiger partial charge in [-0.2, -0.15) is 0 Å². The molecule has 3 aromatic rings. The third-order valence-corrected chi connectivity index (χ3v) is 5.42. The van der Waals surface area contributed by atoms with Crippen molar-refractivity contribution in [3.05, 3.63) is 90.7 Å². The third-order valence-electron chi connectivity index (χ3n) is 4.69. The van der Waals surface area contributed by atoms with Crippen molar-refractivity contribution < 1.29 is 13.5 Å². The fourth-order valence-electron chi connectivity index (χ4n) is 2.77. The highest BCUT2D eigenvalue weighted by Gasteiger charge is 2.23. The Morgan fingerprint density at radius 1 is 1.19 bits per heavy atom. The first-order valence-electron chi connectivity index (χ1n) is 9.25. The predicted molar refractivity (Wildman–Crippen MR) is 114 cm³/mol. The molecule has 0 aliphatic rings. The lowest BCUT2D eigenvalue weighted by Crippen LogP contribution is -2.25. The summed E-state index contributed by atoms with van der Waals surface area (Å²) in [6, 6.07) is 4.83. The minimum Gasteiger partial charge on any atom is -0.487 e. The van der Waals surface area contributed by atoms with E-state index in [-0.39, 0.29) is 34.5 Å². The maximum atomic E-state index is 13.8. The Kier molecular flexibility index (Phi) is 6.59.